The van der Waals surface area contributed by atoms with Crippen molar-refractivity contribution in [1.82, 2.24) is 9.78 Å². The first kappa shape index (κ1) is 16.3. The maximum atomic E-state index is 12.6. The number of hydrogen-bond acceptors (Lipinski definition) is 3. The van der Waals surface area contributed by atoms with Crippen molar-refractivity contribution in [2.24, 2.45) is 0 Å². The fraction of sp³-hybridized carbons (Fsp3) is 0.158. The quantitative estimate of drug-likeness (QED) is 0.739. The lowest BCUT2D eigenvalue weighted by molar-refractivity contribution is 0.102. The maximum absolute atomic E-state index is 12.6. The second-order valence-electron chi connectivity index (χ2n) is 5.32. The molecule has 4 nitrogen and oxygen atoms in total. The van der Waals surface area contributed by atoms with E-state index >= 15 is 0 Å². The van der Waals surface area contributed by atoms with Crippen molar-refractivity contribution in [3.8, 4) is 0 Å². The van der Waals surface area contributed by atoms with Gasteiger partial charge in [0.2, 0.25) is 0 Å². The highest BCUT2D eigenvalue weighted by atomic mass is 32.2. The number of carbonyl (C=O) groups is 1. The zero-order valence-electron chi connectivity index (χ0n) is 13.7. The van der Waals surface area contributed by atoms with Gasteiger partial charge in [-0.25, -0.2) is 0 Å². The first-order valence-electron chi connectivity index (χ1n) is 7.84. The molecule has 0 aliphatic heterocycles. The van der Waals surface area contributed by atoms with E-state index in [1.54, 1.807) is 18.0 Å². The molecule has 0 aliphatic carbocycles. The van der Waals surface area contributed by atoms with E-state index < -0.39 is 0 Å². The minimum atomic E-state index is -0.131. The van der Waals surface area contributed by atoms with E-state index in [2.05, 4.69) is 22.5 Å². The Kier molecular flexibility index (Phi) is 5.01. The van der Waals surface area contributed by atoms with E-state index in [-0.39, 0.29) is 5.91 Å². The smallest absolute Gasteiger partial charge is 0.259 e. The summed E-state index contributed by atoms with van der Waals surface area (Å²) in [7, 11) is 0. The van der Waals surface area contributed by atoms with Crippen LogP contribution in [0.4, 0.5) is 5.69 Å². The van der Waals surface area contributed by atoms with E-state index in [9.17, 15) is 4.79 Å². The summed E-state index contributed by atoms with van der Waals surface area (Å²) >= 11 is 1.63. The number of aromatic nitrogens is 2. The van der Waals surface area contributed by atoms with Crippen molar-refractivity contribution in [2.75, 3.05) is 5.32 Å². The summed E-state index contributed by atoms with van der Waals surface area (Å²) < 4.78 is 1.82. The molecule has 0 radical (unpaired) electrons. The molecular formula is C19H19N3OS. The molecule has 5 heteroatoms. The van der Waals surface area contributed by atoms with Gasteiger partial charge in [0.25, 0.3) is 5.91 Å². The van der Waals surface area contributed by atoms with Crippen molar-refractivity contribution in [3.63, 3.8) is 0 Å². The average molecular weight is 337 g/mol. The van der Waals surface area contributed by atoms with Crippen LogP contribution in [0.2, 0.25) is 0 Å². The van der Waals surface area contributed by atoms with E-state index in [4.69, 9.17) is 0 Å². The molecule has 3 rings (SSSR count). The lowest BCUT2D eigenvalue weighted by Crippen LogP contribution is -2.13. The number of aryl methyl sites for hydroxylation is 1. The van der Waals surface area contributed by atoms with Crippen LogP contribution in [0.5, 0.6) is 0 Å². The SMILES string of the molecule is CCn1ncc(C(=O)Nc2ccccc2Sc2ccccc2)c1C. The number of amides is 1. The largest absolute Gasteiger partial charge is 0.321 e. The summed E-state index contributed by atoms with van der Waals surface area (Å²) in [5, 5.41) is 7.25. The molecule has 1 heterocycles. The number of hydrogen-bond donors (Lipinski definition) is 1. The summed E-state index contributed by atoms with van der Waals surface area (Å²) in [6.45, 7) is 4.67. The second-order valence-corrected chi connectivity index (χ2v) is 6.44. The van der Waals surface area contributed by atoms with E-state index in [0.29, 0.717) is 5.56 Å². The molecule has 1 N–H and O–H groups in total. The van der Waals surface area contributed by atoms with Gasteiger partial charge in [0.15, 0.2) is 0 Å². The average Bonchev–Trinajstić information content (AvgIpc) is 2.98. The predicted octanol–water partition coefficient (Wildman–Crippen LogP) is 4.61. The molecule has 0 fully saturated rings. The lowest BCUT2D eigenvalue weighted by atomic mass is 10.2. The van der Waals surface area contributed by atoms with Gasteiger partial charge in [-0.15, -0.1) is 0 Å². The molecule has 0 atom stereocenters. The standard InChI is InChI=1S/C19H19N3OS/c1-3-22-14(2)16(13-20-22)19(23)21-17-11-7-8-12-18(17)24-15-9-5-4-6-10-15/h4-13H,3H2,1-2H3,(H,21,23). The first-order valence-corrected chi connectivity index (χ1v) is 8.66. The Balaban J connectivity index is 1.82. The Morgan fingerprint density at radius 1 is 1.12 bits per heavy atom. The Labute approximate surface area is 145 Å². The van der Waals surface area contributed by atoms with Crippen molar-refractivity contribution in [1.29, 1.82) is 0 Å². The van der Waals surface area contributed by atoms with Gasteiger partial charge >= 0.3 is 0 Å². The summed E-state index contributed by atoms with van der Waals surface area (Å²) in [5.74, 6) is -0.131. The van der Waals surface area contributed by atoms with Crippen molar-refractivity contribution >= 4 is 23.4 Å². The Hall–Kier alpha value is -2.53. The number of benzene rings is 2. The van der Waals surface area contributed by atoms with Crippen LogP contribution in [-0.2, 0) is 6.54 Å². The lowest BCUT2D eigenvalue weighted by Gasteiger charge is -2.10. The fourth-order valence-corrected chi connectivity index (χ4v) is 3.38. The van der Waals surface area contributed by atoms with Gasteiger partial charge in [-0.1, -0.05) is 42.1 Å². The molecule has 0 unspecified atom stereocenters. The van der Waals surface area contributed by atoms with Gasteiger partial charge < -0.3 is 5.32 Å². The van der Waals surface area contributed by atoms with Crippen LogP contribution in [0.25, 0.3) is 0 Å². The van der Waals surface area contributed by atoms with Crippen molar-refractivity contribution in [3.05, 3.63) is 72.1 Å². The Bertz CT molecular complexity index is 843. The summed E-state index contributed by atoms with van der Waals surface area (Å²) in [4.78, 5) is 14.7. The van der Waals surface area contributed by atoms with Crippen molar-refractivity contribution in [2.45, 2.75) is 30.2 Å². The molecule has 0 saturated heterocycles. The molecule has 122 valence electrons. The normalized spacial score (nSPS) is 10.6. The van der Waals surface area contributed by atoms with E-state index in [0.717, 1.165) is 27.7 Å². The Morgan fingerprint density at radius 2 is 1.83 bits per heavy atom. The van der Waals surface area contributed by atoms with Gasteiger partial charge in [0, 0.05) is 22.0 Å². The zero-order valence-corrected chi connectivity index (χ0v) is 14.5. The highest BCUT2D eigenvalue weighted by Crippen LogP contribution is 2.33. The minimum Gasteiger partial charge on any atom is -0.321 e. The predicted molar refractivity (Wildman–Crippen MR) is 97.6 cm³/mol. The highest BCUT2D eigenvalue weighted by molar-refractivity contribution is 7.99. The van der Waals surface area contributed by atoms with Gasteiger partial charge in [0.1, 0.15) is 0 Å². The summed E-state index contributed by atoms with van der Waals surface area (Å²) in [6.07, 6.45) is 1.63. The highest BCUT2D eigenvalue weighted by Gasteiger charge is 2.15. The van der Waals surface area contributed by atoms with Crippen LogP contribution in [0.1, 0.15) is 23.0 Å². The number of carbonyl (C=O) groups excluding carboxylic acids is 1. The van der Waals surface area contributed by atoms with E-state index in [1.807, 2.05) is 61.0 Å². The van der Waals surface area contributed by atoms with Gasteiger partial charge in [-0.3, -0.25) is 9.48 Å². The van der Waals surface area contributed by atoms with Crippen LogP contribution in [-0.4, -0.2) is 15.7 Å². The molecule has 1 aromatic heterocycles. The Morgan fingerprint density at radius 3 is 2.54 bits per heavy atom. The molecule has 0 spiro atoms. The second kappa shape index (κ2) is 7.36. The third-order valence-corrected chi connectivity index (χ3v) is 4.84. The summed E-state index contributed by atoms with van der Waals surface area (Å²) in [5.41, 5.74) is 2.29. The molecule has 0 aliphatic rings. The van der Waals surface area contributed by atoms with Crippen LogP contribution in [0.15, 0.2) is 70.6 Å². The number of para-hydroxylation sites is 1. The summed E-state index contributed by atoms with van der Waals surface area (Å²) in [6, 6.07) is 17.9. The molecule has 1 amide bonds. The van der Waals surface area contributed by atoms with Gasteiger partial charge in [-0.2, -0.15) is 5.10 Å². The molecular weight excluding hydrogens is 318 g/mol. The molecule has 0 bridgehead atoms. The zero-order chi connectivity index (χ0) is 16.9. The topological polar surface area (TPSA) is 46.9 Å². The van der Waals surface area contributed by atoms with Gasteiger partial charge in [0.05, 0.1) is 17.4 Å². The molecule has 3 aromatic rings. The van der Waals surface area contributed by atoms with Crippen molar-refractivity contribution < 1.29 is 4.79 Å². The maximum Gasteiger partial charge on any atom is 0.259 e. The third-order valence-electron chi connectivity index (χ3n) is 3.75. The first-order chi connectivity index (χ1) is 11.7. The number of anilines is 1. The van der Waals surface area contributed by atoms with Crippen LogP contribution in [0, 0.1) is 6.92 Å². The number of nitrogens with zero attached hydrogens (tertiary/aromatic N) is 2. The number of rotatable bonds is 5. The van der Waals surface area contributed by atoms with E-state index in [1.165, 1.54) is 0 Å². The number of nitrogens with one attached hydrogen (secondary N) is 1. The van der Waals surface area contributed by atoms with Crippen LogP contribution < -0.4 is 5.32 Å². The van der Waals surface area contributed by atoms with Crippen LogP contribution in [0.3, 0.4) is 0 Å². The monoisotopic (exact) mass is 337 g/mol. The van der Waals surface area contributed by atoms with Crippen LogP contribution >= 0.6 is 11.8 Å². The fourth-order valence-electron chi connectivity index (χ4n) is 2.45. The van der Waals surface area contributed by atoms with Gasteiger partial charge in [-0.05, 0) is 38.1 Å². The third kappa shape index (κ3) is 3.51. The minimum absolute atomic E-state index is 0.131. The molecule has 24 heavy (non-hydrogen) atoms. The molecule has 2 aromatic carbocycles. The molecule has 0 saturated carbocycles.